The predicted molar refractivity (Wildman–Crippen MR) is 130 cm³/mol. The van der Waals surface area contributed by atoms with Crippen LogP contribution in [0.25, 0.3) is 0 Å². The second kappa shape index (κ2) is 10.4. The number of ether oxygens (including phenoxy) is 1. The Morgan fingerprint density at radius 3 is 2.65 bits per heavy atom. The molecular formula is C24H27F6N7O3. The van der Waals surface area contributed by atoms with E-state index in [9.17, 15) is 35.9 Å². The first-order valence-electron chi connectivity index (χ1n) is 12.7. The quantitative estimate of drug-likeness (QED) is 0.524. The largest absolute Gasteiger partial charge is 0.487 e. The molecule has 10 nitrogen and oxygen atoms in total. The Morgan fingerprint density at radius 1 is 1.15 bits per heavy atom. The third-order valence-corrected chi connectivity index (χ3v) is 7.35. The number of carbonyl (C=O) groups is 1. The molecule has 40 heavy (non-hydrogen) atoms. The number of alkyl halides is 6. The molecule has 0 radical (unpaired) electrons. The lowest BCUT2D eigenvalue weighted by Crippen LogP contribution is -2.59. The molecule has 0 spiro atoms. The summed E-state index contributed by atoms with van der Waals surface area (Å²) in [7, 11) is 0. The van der Waals surface area contributed by atoms with Gasteiger partial charge in [-0.3, -0.25) is 9.59 Å². The summed E-state index contributed by atoms with van der Waals surface area (Å²) in [4.78, 5) is 34.6. The van der Waals surface area contributed by atoms with Crippen molar-refractivity contribution in [3.8, 4) is 5.75 Å². The number of H-pyrrole nitrogens is 1. The Kier molecular flexibility index (Phi) is 7.31. The van der Waals surface area contributed by atoms with Gasteiger partial charge in [0.25, 0.3) is 5.56 Å². The number of aromatic nitrogens is 3. The lowest BCUT2D eigenvalue weighted by Gasteiger charge is -2.45. The number of amides is 1. The van der Waals surface area contributed by atoms with E-state index in [2.05, 4.69) is 15.4 Å². The van der Waals surface area contributed by atoms with Crippen molar-refractivity contribution < 1.29 is 35.9 Å². The SMILES string of the molecule is C[C@@H](CN1CCC(C(=O)N2CCN3c4ncc(C(F)(F)F)cc4OC[C@@H]3C2)C1)Nc1cn[nH]c(=O)c1C(F)(F)F. The average molecular weight is 576 g/mol. The van der Waals surface area contributed by atoms with E-state index in [0.717, 1.165) is 18.5 Å². The summed E-state index contributed by atoms with van der Waals surface area (Å²) in [5, 5.41) is 7.97. The fourth-order valence-electron chi connectivity index (χ4n) is 5.52. The molecule has 16 heteroatoms. The number of nitrogens with zero attached hydrogens (tertiary/aromatic N) is 5. The minimum Gasteiger partial charge on any atom is -0.487 e. The molecule has 2 aromatic heterocycles. The van der Waals surface area contributed by atoms with Gasteiger partial charge in [-0.05, 0) is 26.0 Å². The number of piperazine rings is 1. The van der Waals surface area contributed by atoms with Gasteiger partial charge < -0.3 is 24.8 Å². The van der Waals surface area contributed by atoms with Crippen LogP contribution in [0.15, 0.2) is 23.3 Å². The van der Waals surface area contributed by atoms with E-state index in [0.29, 0.717) is 51.5 Å². The van der Waals surface area contributed by atoms with Gasteiger partial charge in [0.05, 0.1) is 29.4 Å². The minimum absolute atomic E-state index is 0.0490. The fourth-order valence-corrected chi connectivity index (χ4v) is 5.52. The van der Waals surface area contributed by atoms with Crippen molar-refractivity contribution in [2.75, 3.05) is 56.1 Å². The molecule has 5 heterocycles. The maximum Gasteiger partial charge on any atom is 0.423 e. The molecule has 3 atom stereocenters. The predicted octanol–water partition coefficient (Wildman–Crippen LogP) is 2.43. The molecule has 5 rings (SSSR count). The molecule has 3 aliphatic rings. The Morgan fingerprint density at radius 2 is 1.93 bits per heavy atom. The highest BCUT2D eigenvalue weighted by atomic mass is 19.4. The number of carbonyl (C=O) groups excluding carboxylic acids is 1. The van der Waals surface area contributed by atoms with E-state index in [1.807, 2.05) is 9.80 Å². The number of hydrogen-bond donors (Lipinski definition) is 2. The third-order valence-electron chi connectivity index (χ3n) is 7.35. The van der Waals surface area contributed by atoms with Crippen molar-refractivity contribution in [1.82, 2.24) is 25.0 Å². The lowest BCUT2D eigenvalue weighted by molar-refractivity contribution is -0.138. The zero-order valence-electron chi connectivity index (χ0n) is 21.3. The molecule has 218 valence electrons. The van der Waals surface area contributed by atoms with Crippen LogP contribution in [0.1, 0.15) is 24.5 Å². The highest BCUT2D eigenvalue weighted by Gasteiger charge is 2.41. The summed E-state index contributed by atoms with van der Waals surface area (Å²) >= 11 is 0. The maximum atomic E-state index is 13.3. The molecule has 0 saturated carbocycles. The van der Waals surface area contributed by atoms with Crippen molar-refractivity contribution in [1.29, 1.82) is 0 Å². The van der Waals surface area contributed by atoms with Gasteiger partial charge in [0.15, 0.2) is 11.6 Å². The molecule has 2 saturated heterocycles. The molecule has 1 amide bonds. The lowest BCUT2D eigenvalue weighted by atomic mass is 10.0. The number of fused-ring (bicyclic) bond motifs is 3. The molecule has 0 aliphatic carbocycles. The van der Waals surface area contributed by atoms with Crippen LogP contribution in [0.5, 0.6) is 5.75 Å². The van der Waals surface area contributed by atoms with Gasteiger partial charge in [-0.25, -0.2) is 10.1 Å². The standard InChI is InChI=1S/C24H27F6N7O3/c1-13(33-17-8-32-34-21(38)19(17)24(28,29)30)9-35-3-2-14(10-35)22(39)36-4-5-37-16(11-36)12-40-18-6-15(23(25,26)27)7-31-20(18)37/h6-8,13-14,16H,2-5,9-12H2,1H3,(H2,33,34,38)/t13-,14?,16-/m0/s1. The number of anilines is 2. The molecule has 2 fully saturated rings. The number of rotatable bonds is 5. The van der Waals surface area contributed by atoms with E-state index in [-0.39, 0.29) is 30.2 Å². The number of hydrogen-bond acceptors (Lipinski definition) is 8. The van der Waals surface area contributed by atoms with Crippen molar-refractivity contribution in [3.05, 3.63) is 39.9 Å². The van der Waals surface area contributed by atoms with Gasteiger partial charge in [-0.1, -0.05) is 0 Å². The first-order valence-corrected chi connectivity index (χ1v) is 12.7. The fraction of sp³-hybridized carbons (Fsp3) is 0.583. The van der Waals surface area contributed by atoms with E-state index in [4.69, 9.17) is 4.74 Å². The second-order valence-corrected chi connectivity index (χ2v) is 10.3. The van der Waals surface area contributed by atoms with E-state index >= 15 is 0 Å². The number of aromatic amines is 1. The first-order chi connectivity index (χ1) is 18.8. The Labute approximate surface area is 224 Å². The van der Waals surface area contributed by atoms with Gasteiger partial charge in [0, 0.05) is 45.0 Å². The topological polar surface area (TPSA) is 107 Å². The smallest absolute Gasteiger partial charge is 0.423 e. The summed E-state index contributed by atoms with van der Waals surface area (Å²) in [6.07, 6.45) is -7.09. The average Bonchev–Trinajstić information content (AvgIpc) is 3.34. The molecule has 2 N–H and O–H groups in total. The minimum atomic E-state index is -4.85. The molecule has 0 aromatic carbocycles. The van der Waals surface area contributed by atoms with Gasteiger partial charge in [0.1, 0.15) is 12.2 Å². The van der Waals surface area contributed by atoms with Gasteiger partial charge in [-0.15, -0.1) is 0 Å². The van der Waals surface area contributed by atoms with Crippen LogP contribution in [0, 0.1) is 5.92 Å². The molecule has 3 aliphatic heterocycles. The summed E-state index contributed by atoms with van der Waals surface area (Å²) in [5.74, 6) is 0.0505. The monoisotopic (exact) mass is 575 g/mol. The Hall–Kier alpha value is -3.56. The molecule has 0 bridgehead atoms. The van der Waals surface area contributed by atoms with E-state index in [1.54, 1.807) is 16.9 Å². The van der Waals surface area contributed by atoms with Crippen molar-refractivity contribution in [2.24, 2.45) is 5.92 Å². The first kappa shape index (κ1) is 28.0. The van der Waals surface area contributed by atoms with E-state index < -0.39 is 40.8 Å². The third kappa shape index (κ3) is 5.67. The van der Waals surface area contributed by atoms with Gasteiger partial charge in [0.2, 0.25) is 5.91 Å². The number of nitrogens with one attached hydrogen (secondary N) is 2. The summed E-state index contributed by atoms with van der Waals surface area (Å²) in [6.45, 7) is 4.27. The van der Waals surface area contributed by atoms with Crippen molar-refractivity contribution >= 4 is 17.4 Å². The van der Waals surface area contributed by atoms with Gasteiger partial charge >= 0.3 is 12.4 Å². The van der Waals surface area contributed by atoms with Crippen LogP contribution in [-0.4, -0.2) is 88.8 Å². The zero-order valence-corrected chi connectivity index (χ0v) is 21.3. The summed E-state index contributed by atoms with van der Waals surface area (Å²) in [5.41, 5.74) is -3.96. The van der Waals surface area contributed by atoms with Crippen LogP contribution >= 0.6 is 0 Å². The van der Waals surface area contributed by atoms with Crippen molar-refractivity contribution in [2.45, 2.75) is 37.8 Å². The Bertz CT molecular complexity index is 1320. The maximum absolute atomic E-state index is 13.3. The molecule has 1 unspecified atom stereocenters. The van der Waals surface area contributed by atoms with Crippen molar-refractivity contribution in [3.63, 3.8) is 0 Å². The van der Waals surface area contributed by atoms with Gasteiger partial charge in [-0.2, -0.15) is 31.4 Å². The number of pyridine rings is 1. The highest BCUT2D eigenvalue weighted by Crippen LogP contribution is 2.38. The van der Waals surface area contributed by atoms with Crippen LogP contribution in [0.4, 0.5) is 37.8 Å². The van der Waals surface area contributed by atoms with Crippen LogP contribution < -0.4 is 20.5 Å². The summed E-state index contributed by atoms with van der Waals surface area (Å²) < 4.78 is 84.6. The number of halogens is 6. The Balaban J connectivity index is 1.16. The number of likely N-dealkylation sites (tertiary alicyclic amines) is 1. The highest BCUT2D eigenvalue weighted by molar-refractivity contribution is 5.80. The zero-order chi connectivity index (χ0) is 28.8. The molecule has 2 aromatic rings. The van der Waals surface area contributed by atoms with Crippen LogP contribution in [0.2, 0.25) is 0 Å². The van der Waals surface area contributed by atoms with E-state index in [1.165, 1.54) is 0 Å². The van der Waals surface area contributed by atoms with Crippen LogP contribution in [0.3, 0.4) is 0 Å². The normalized spacial score (nSPS) is 22.4. The second-order valence-electron chi connectivity index (χ2n) is 10.3. The molecular weight excluding hydrogens is 548 g/mol. The summed E-state index contributed by atoms with van der Waals surface area (Å²) in [6, 6.07) is 0.226. The van der Waals surface area contributed by atoms with Crippen LogP contribution in [-0.2, 0) is 17.1 Å².